The molecule has 2 aliphatic rings. The lowest BCUT2D eigenvalue weighted by molar-refractivity contribution is -0.0522. The molecule has 2 unspecified atom stereocenters. The Morgan fingerprint density at radius 3 is 1.92 bits per heavy atom. The smallest absolute Gasteiger partial charge is 0.387 e. The maximum Gasteiger partial charge on any atom is 0.387 e. The molecule has 4 aromatic carbocycles. The number of pyridine rings is 2. The van der Waals surface area contributed by atoms with Crippen molar-refractivity contribution in [2.24, 2.45) is 21.5 Å². The summed E-state index contributed by atoms with van der Waals surface area (Å²) in [6, 6.07) is 23.8. The second kappa shape index (κ2) is 17.0. The number of hydrogen-bond donors (Lipinski definition) is 2. The van der Waals surface area contributed by atoms with E-state index in [4.69, 9.17) is 48.9 Å². The quantitative estimate of drug-likeness (QED) is 0.108. The van der Waals surface area contributed by atoms with Crippen molar-refractivity contribution in [1.29, 1.82) is 0 Å². The molecule has 60 heavy (non-hydrogen) atoms. The number of alkyl halides is 2. The van der Waals surface area contributed by atoms with E-state index in [1.807, 2.05) is 18.2 Å². The number of hydrogen-bond acceptors (Lipinski definition) is 10. The highest BCUT2D eigenvalue weighted by atomic mass is 35.5. The first kappa shape index (κ1) is 41.7. The van der Waals surface area contributed by atoms with Crippen LogP contribution in [0.5, 0.6) is 11.5 Å². The van der Waals surface area contributed by atoms with Gasteiger partial charge in [0.05, 0.1) is 17.2 Å². The lowest BCUT2D eigenvalue weighted by atomic mass is 9.83. The van der Waals surface area contributed by atoms with E-state index in [2.05, 4.69) is 24.7 Å². The summed E-state index contributed by atoms with van der Waals surface area (Å²) >= 11 is 12.4. The molecule has 308 valence electrons. The standard InChI is InChI=1S/C22H18ClF2N3O2.C21H15ClF3N3O2/c1-12-7-16(20(25)27-10-12)15-8-13(3-5-18(15)24)22(11-30-21(26)28-22)14-4-6-19(29-2)17(23)9-14;22-16-7-13(9-27-10-16)12-2-1-3-14(6-12)21(11-29-20(26)28-21)15-4-5-18(17(23)8-15)30-19(24)25/h3-10H,11H2,1-2H3,(H2,26,28);1-10,19H,11H2,(H2,26,28). The predicted octanol–water partition coefficient (Wildman–Crippen LogP) is 9.32. The molecule has 4 N–H and O–H groups in total. The summed E-state index contributed by atoms with van der Waals surface area (Å²) in [7, 11) is 1.52. The molecular weight excluding hydrogens is 830 g/mol. The van der Waals surface area contributed by atoms with Crippen LogP contribution in [-0.4, -0.2) is 48.9 Å². The van der Waals surface area contributed by atoms with Gasteiger partial charge in [-0.3, -0.25) is 4.98 Å². The molecule has 6 aromatic rings. The summed E-state index contributed by atoms with van der Waals surface area (Å²) in [5.41, 5.74) is 14.1. The minimum absolute atomic E-state index is 0.00350. The fraction of sp³-hybridized carbons (Fsp3) is 0.163. The van der Waals surface area contributed by atoms with E-state index < -0.39 is 41.0 Å². The minimum atomic E-state index is -3.13. The van der Waals surface area contributed by atoms with E-state index in [1.165, 1.54) is 31.6 Å². The number of rotatable bonds is 9. The molecular formula is C43H33Cl2F5N6O4. The summed E-state index contributed by atoms with van der Waals surface area (Å²) in [6.45, 7) is -1.27. The van der Waals surface area contributed by atoms with E-state index in [9.17, 15) is 22.0 Å². The average molecular weight is 864 g/mol. The van der Waals surface area contributed by atoms with Gasteiger partial charge in [-0.25, -0.2) is 23.7 Å². The number of amidine groups is 2. The molecule has 2 atom stereocenters. The van der Waals surface area contributed by atoms with Crippen molar-refractivity contribution in [2.45, 2.75) is 24.6 Å². The Labute approximate surface area is 350 Å². The first-order valence-electron chi connectivity index (χ1n) is 17.9. The van der Waals surface area contributed by atoms with Crippen molar-refractivity contribution < 1.29 is 40.9 Å². The zero-order chi connectivity index (χ0) is 42.8. The third kappa shape index (κ3) is 8.36. The summed E-state index contributed by atoms with van der Waals surface area (Å²) < 4.78 is 88.7. The number of nitrogens with zero attached hydrogens (tertiary/aromatic N) is 4. The maximum absolute atomic E-state index is 14.7. The normalized spacial score (nSPS) is 18.2. The number of benzene rings is 4. The molecule has 0 saturated carbocycles. The van der Waals surface area contributed by atoms with Crippen LogP contribution in [-0.2, 0) is 20.6 Å². The van der Waals surface area contributed by atoms with Crippen LogP contribution in [0.4, 0.5) is 22.0 Å². The fourth-order valence-corrected chi connectivity index (χ4v) is 7.35. The second-order valence-corrected chi connectivity index (χ2v) is 14.4. The van der Waals surface area contributed by atoms with E-state index in [1.54, 1.807) is 61.7 Å². The van der Waals surface area contributed by atoms with Crippen molar-refractivity contribution in [3.63, 3.8) is 0 Å². The highest BCUT2D eigenvalue weighted by Gasteiger charge is 2.42. The number of aromatic nitrogens is 2. The molecule has 0 bridgehead atoms. The number of halogens is 7. The molecule has 0 saturated heterocycles. The van der Waals surface area contributed by atoms with Gasteiger partial charge in [0, 0.05) is 35.3 Å². The van der Waals surface area contributed by atoms with Gasteiger partial charge in [0.1, 0.15) is 24.8 Å². The van der Waals surface area contributed by atoms with Gasteiger partial charge < -0.3 is 30.4 Å². The van der Waals surface area contributed by atoms with Crippen LogP contribution in [0.1, 0.15) is 27.8 Å². The van der Waals surface area contributed by atoms with Crippen LogP contribution in [0.25, 0.3) is 22.3 Å². The van der Waals surface area contributed by atoms with Crippen molar-refractivity contribution in [3.05, 3.63) is 165 Å². The maximum atomic E-state index is 14.7. The molecule has 0 aliphatic carbocycles. The largest absolute Gasteiger partial charge is 0.495 e. The van der Waals surface area contributed by atoms with Crippen molar-refractivity contribution in [2.75, 3.05) is 20.3 Å². The van der Waals surface area contributed by atoms with E-state index in [0.29, 0.717) is 43.6 Å². The SMILES string of the molecule is COc1ccc(C2(c3ccc(F)c(-c4cc(C)cnc4F)c3)COC(N)=N2)cc1Cl.NC1=NC(c2cccc(-c3cncc(Cl)c3)c2)(c2ccc(OC(F)F)c(F)c2)CO1. The third-order valence-electron chi connectivity index (χ3n) is 9.80. The molecule has 4 heterocycles. The first-order valence-corrected chi connectivity index (χ1v) is 18.7. The van der Waals surface area contributed by atoms with Crippen LogP contribution in [0.2, 0.25) is 10.0 Å². The van der Waals surface area contributed by atoms with E-state index in [0.717, 1.165) is 23.3 Å². The van der Waals surface area contributed by atoms with Crippen molar-refractivity contribution in [3.8, 4) is 33.8 Å². The molecule has 0 spiro atoms. The number of methoxy groups -OCH3 is 1. The van der Waals surface area contributed by atoms with Crippen LogP contribution in [0.15, 0.2) is 120 Å². The average Bonchev–Trinajstić information content (AvgIpc) is 3.83. The lowest BCUT2D eigenvalue weighted by Crippen LogP contribution is -2.27. The van der Waals surface area contributed by atoms with Crippen LogP contribution in [0, 0.1) is 24.5 Å². The Hall–Kier alpha value is -6.45. The van der Waals surface area contributed by atoms with Gasteiger partial charge >= 0.3 is 6.61 Å². The number of nitrogens with two attached hydrogens (primary N) is 2. The van der Waals surface area contributed by atoms with Gasteiger partial charge in [-0.1, -0.05) is 59.6 Å². The van der Waals surface area contributed by atoms with Crippen LogP contribution in [0.3, 0.4) is 0 Å². The minimum Gasteiger partial charge on any atom is -0.495 e. The Balaban J connectivity index is 0.000000181. The summed E-state index contributed by atoms with van der Waals surface area (Å²) in [6.07, 6.45) is 4.58. The monoisotopic (exact) mass is 862 g/mol. The second-order valence-electron chi connectivity index (χ2n) is 13.6. The number of ether oxygens (including phenoxy) is 4. The fourth-order valence-electron chi connectivity index (χ4n) is 6.92. The molecule has 0 radical (unpaired) electrons. The van der Waals surface area contributed by atoms with Crippen LogP contribution < -0.4 is 20.9 Å². The summed E-state index contributed by atoms with van der Waals surface area (Å²) in [5, 5.41) is 0.863. The van der Waals surface area contributed by atoms with Gasteiger partial charge in [0.15, 0.2) is 22.6 Å². The summed E-state index contributed by atoms with van der Waals surface area (Å²) in [5.74, 6) is -2.34. The van der Waals surface area contributed by atoms with Gasteiger partial charge in [0.2, 0.25) is 5.95 Å². The molecule has 8 rings (SSSR count). The Morgan fingerprint density at radius 1 is 0.683 bits per heavy atom. The van der Waals surface area contributed by atoms with Gasteiger partial charge in [-0.2, -0.15) is 13.2 Å². The zero-order valence-corrected chi connectivity index (χ0v) is 33.1. The van der Waals surface area contributed by atoms with Crippen molar-refractivity contribution in [1.82, 2.24) is 9.97 Å². The molecule has 2 aromatic heterocycles. The van der Waals surface area contributed by atoms with E-state index >= 15 is 0 Å². The Kier molecular flexibility index (Phi) is 11.8. The Bertz CT molecular complexity index is 2650. The number of aryl methyl sites for hydroxylation is 1. The zero-order valence-electron chi connectivity index (χ0n) is 31.6. The highest BCUT2D eigenvalue weighted by Crippen LogP contribution is 2.43. The molecule has 17 heteroatoms. The highest BCUT2D eigenvalue weighted by molar-refractivity contribution is 6.32. The lowest BCUT2D eigenvalue weighted by Gasteiger charge is -2.26. The van der Waals surface area contributed by atoms with Gasteiger partial charge in [-0.05, 0) is 94.9 Å². The van der Waals surface area contributed by atoms with Gasteiger partial charge in [0.25, 0.3) is 12.0 Å². The summed E-state index contributed by atoms with van der Waals surface area (Å²) in [4.78, 5) is 16.7. The van der Waals surface area contributed by atoms with Crippen molar-refractivity contribution >= 4 is 35.2 Å². The predicted molar refractivity (Wildman–Crippen MR) is 217 cm³/mol. The van der Waals surface area contributed by atoms with Gasteiger partial charge in [-0.15, -0.1) is 0 Å². The van der Waals surface area contributed by atoms with Crippen LogP contribution >= 0.6 is 23.2 Å². The molecule has 10 nitrogen and oxygen atoms in total. The Morgan fingerprint density at radius 2 is 1.32 bits per heavy atom. The number of aliphatic imine (C=N–C) groups is 2. The molecule has 0 fully saturated rings. The van der Waals surface area contributed by atoms with E-state index in [-0.39, 0.29) is 36.4 Å². The third-order valence-corrected chi connectivity index (χ3v) is 10.3. The molecule has 2 aliphatic heterocycles. The molecule has 0 amide bonds. The topological polar surface area (TPSA) is 139 Å². The first-order chi connectivity index (χ1) is 28.7.